The van der Waals surface area contributed by atoms with Crippen molar-refractivity contribution >= 4 is 11.5 Å². The van der Waals surface area contributed by atoms with Gasteiger partial charge in [0, 0.05) is 12.1 Å². The average molecular weight is 225 g/mol. The van der Waals surface area contributed by atoms with Crippen molar-refractivity contribution in [2.24, 2.45) is 5.73 Å². The molecule has 7 heteroatoms. The highest BCUT2D eigenvalue weighted by molar-refractivity contribution is 5.56. The van der Waals surface area contributed by atoms with Gasteiger partial charge in [-0.1, -0.05) is 17.9 Å². The molecule has 0 aromatic carbocycles. The van der Waals surface area contributed by atoms with E-state index in [2.05, 4.69) is 15.5 Å². The lowest BCUT2D eigenvalue weighted by Crippen LogP contribution is -2.42. The van der Waals surface area contributed by atoms with Crippen LogP contribution in [-0.2, 0) is 0 Å². The minimum absolute atomic E-state index is 0.0586. The smallest absolute Gasteiger partial charge is 0.366 e. The van der Waals surface area contributed by atoms with Crippen LogP contribution in [0.2, 0.25) is 0 Å². The lowest BCUT2D eigenvalue weighted by atomic mass is 9.91. The molecule has 88 valence electrons. The fourth-order valence-corrected chi connectivity index (χ4v) is 2.06. The molecule has 4 N–H and O–H groups in total. The summed E-state index contributed by atoms with van der Waals surface area (Å²) < 4.78 is 0. The molecule has 0 spiro atoms. The lowest BCUT2D eigenvalue weighted by Gasteiger charge is -2.29. The van der Waals surface area contributed by atoms with Crippen LogP contribution in [0.1, 0.15) is 25.7 Å². The number of aromatic amines is 1. The highest BCUT2D eigenvalue weighted by atomic mass is 16.6. The third-order valence-corrected chi connectivity index (χ3v) is 2.96. The summed E-state index contributed by atoms with van der Waals surface area (Å²) >= 11 is 0. The molecule has 0 radical (unpaired) electrons. The highest BCUT2D eigenvalue weighted by Gasteiger charge is 2.25. The molecule has 1 saturated carbocycles. The maximum Gasteiger partial charge on any atom is 0.366 e. The Morgan fingerprint density at radius 1 is 1.56 bits per heavy atom. The lowest BCUT2D eigenvalue weighted by molar-refractivity contribution is -0.388. The maximum absolute atomic E-state index is 10.7. The molecule has 1 fully saturated rings. The highest BCUT2D eigenvalue weighted by Crippen LogP contribution is 2.25. The molecule has 0 saturated heterocycles. The van der Waals surface area contributed by atoms with Crippen molar-refractivity contribution in [3.8, 4) is 0 Å². The summed E-state index contributed by atoms with van der Waals surface area (Å²) in [5.74, 6) is -0.0993. The van der Waals surface area contributed by atoms with Gasteiger partial charge in [0.1, 0.15) is 6.20 Å². The molecule has 2 rings (SSSR count). The third kappa shape index (κ3) is 2.13. The van der Waals surface area contributed by atoms with Crippen LogP contribution in [0.15, 0.2) is 6.20 Å². The van der Waals surface area contributed by atoms with Crippen LogP contribution in [0.3, 0.4) is 0 Å². The monoisotopic (exact) mass is 225 g/mol. The molecule has 1 heterocycles. The van der Waals surface area contributed by atoms with Gasteiger partial charge in [-0.15, -0.1) is 5.10 Å². The van der Waals surface area contributed by atoms with Crippen LogP contribution in [0, 0.1) is 10.1 Å². The zero-order chi connectivity index (χ0) is 11.5. The van der Waals surface area contributed by atoms with Crippen LogP contribution in [0.4, 0.5) is 11.5 Å². The third-order valence-electron chi connectivity index (χ3n) is 2.96. The number of H-pyrrole nitrogens is 1. The Hall–Kier alpha value is -1.63. The minimum Gasteiger partial charge on any atom is -0.373 e. The normalized spacial score (nSPS) is 25.3. The van der Waals surface area contributed by atoms with Gasteiger partial charge in [0.2, 0.25) is 0 Å². The van der Waals surface area contributed by atoms with Crippen molar-refractivity contribution in [2.45, 2.75) is 37.8 Å². The molecule has 1 aliphatic carbocycles. The number of anilines is 1. The van der Waals surface area contributed by atoms with Gasteiger partial charge in [-0.05, 0) is 17.8 Å². The van der Waals surface area contributed by atoms with Crippen molar-refractivity contribution in [3.63, 3.8) is 0 Å². The Morgan fingerprint density at radius 2 is 2.31 bits per heavy atom. The molecule has 0 amide bonds. The second-order valence-electron chi connectivity index (χ2n) is 4.09. The van der Waals surface area contributed by atoms with Gasteiger partial charge in [0.25, 0.3) is 0 Å². The molecular formula is C9H15N5O2. The van der Waals surface area contributed by atoms with Gasteiger partial charge in [-0.25, -0.2) is 0 Å². The number of hydrogen-bond acceptors (Lipinski definition) is 5. The Balaban J connectivity index is 2.07. The summed E-state index contributed by atoms with van der Waals surface area (Å²) in [4.78, 5) is 10.2. The number of nitrogens with zero attached hydrogens (tertiary/aromatic N) is 2. The number of nitro groups is 1. The molecule has 0 bridgehead atoms. The van der Waals surface area contributed by atoms with E-state index < -0.39 is 4.92 Å². The van der Waals surface area contributed by atoms with Gasteiger partial charge in [-0.2, -0.15) is 0 Å². The van der Waals surface area contributed by atoms with E-state index in [-0.39, 0.29) is 17.9 Å². The first-order valence-electron chi connectivity index (χ1n) is 5.38. The first-order valence-corrected chi connectivity index (χ1v) is 5.38. The number of hydrogen-bond donors (Lipinski definition) is 3. The van der Waals surface area contributed by atoms with E-state index in [0.717, 1.165) is 25.7 Å². The first kappa shape index (κ1) is 10.9. The molecule has 2 unspecified atom stereocenters. The van der Waals surface area contributed by atoms with E-state index >= 15 is 0 Å². The van der Waals surface area contributed by atoms with Crippen LogP contribution < -0.4 is 11.1 Å². The second kappa shape index (κ2) is 4.48. The van der Waals surface area contributed by atoms with Crippen LogP contribution in [0.5, 0.6) is 0 Å². The number of aromatic nitrogens is 2. The molecule has 7 nitrogen and oxygen atoms in total. The summed E-state index contributed by atoms with van der Waals surface area (Å²) in [6.45, 7) is 0. The topological polar surface area (TPSA) is 110 Å². The van der Waals surface area contributed by atoms with Gasteiger partial charge in [-0.3, -0.25) is 0 Å². The molecule has 1 aromatic rings. The molecule has 16 heavy (non-hydrogen) atoms. The largest absolute Gasteiger partial charge is 0.373 e. The van der Waals surface area contributed by atoms with Crippen molar-refractivity contribution < 1.29 is 4.92 Å². The first-order chi connectivity index (χ1) is 7.68. The summed E-state index contributed by atoms with van der Waals surface area (Å²) in [6.07, 6.45) is 5.58. The maximum atomic E-state index is 10.7. The predicted octanol–water partition coefficient (Wildman–Crippen LogP) is 1.000. The van der Waals surface area contributed by atoms with Crippen molar-refractivity contribution in [3.05, 3.63) is 16.3 Å². The fraction of sp³-hybridized carbons (Fsp3) is 0.667. The standard InChI is InChI=1S/C9H15N5O2/c10-6-3-1-2-4-7(6)12-8-5-11-13-9(8)14(15)16/h5-7,12H,1-4,10H2,(H,11,13). The van der Waals surface area contributed by atoms with E-state index in [0.29, 0.717) is 5.69 Å². The Morgan fingerprint density at radius 3 is 3.00 bits per heavy atom. The molecule has 2 atom stereocenters. The molecule has 1 aliphatic rings. The Kier molecular flexibility index (Phi) is 3.04. The average Bonchev–Trinajstić information content (AvgIpc) is 2.69. The van der Waals surface area contributed by atoms with Gasteiger partial charge in [0.05, 0.1) is 0 Å². The Labute approximate surface area is 92.6 Å². The van der Waals surface area contributed by atoms with Crippen molar-refractivity contribution in [2.75, 3.05) is 5.32 Å². The summed E-state index contributed by atoms with van der Waals surface area (Å²) in [5.41, 5.74) is 6.38. The second-order valence-corrected chi connectivity index (χ2v) is 4.09. The fourth-order valence-electron chi connectivity index (χ4n) is 2.06. The van der Waals surface area contributed by atoms with Gasteiger partial charge in [0.15, 0.2) is 5.69 Å². The van der Waals surface area contributed by atoms with Crippen molar-refractivity contribution in [1.82, 2.24) is 10.2 Å². The summed E-state index contributed by atoms with van der Waals surface area (Å²) in [5, 5.41) is 19.8. The quantitative estimate of drug-likeness (QED) is 0.525. The number of nitrogens with two attached hydrogens (primary N) is 1. The molecule has 1 aromatic heterocycles. The SMILES string of the molecule is NC1CCCCC1Nc1cn[nH]c1[N+](=O)[O-]. The van der Waals surface area contributed by atoms with Gasteiger partial charge >= 0.3 is 5.82 Å². The van der Waals surface area contributed by atoms with E-state index in [1.807, 2.05) is 0 Å². The van der Waals surface area contributed by atoms with E-state index in [9.17, 15) is 10.1 Å². The van der Waals surface area contributed by atoms with Crippen LogP contribution in [0.25, 0.3) is 0 Å². The zero-order valence-corrected chi connectivity index (χ0v) is 8.85. The zero-order valence-electron chi connectivity index (χ0n) is 8.85. The van der Waals surface area contributed by atoms with Crippen molar-refractivity contribution in [1.29, 1.82) is 0 Å². The summed E-state index contributed by atoms with van der Waals surface area (Å²) in [6, 6.07) is 0.160. The summed E-state index contributed by atoms with van der Waals surface area (Å²) in [7, 11) is 0. The number of rotatable bonds is 3. The predicted molar refractivity (Wildman–Crippen MR) is 59.1 cm³/mol. The van der Waals surface area contributed by atoms with E-state index in [1.54, 1.807) is 0 Å². The Bertz CT molecular complexity index is 378. The minimum atomic E-state index is -0.482. The molecule has 0 aliphatic heterocycles. The van der Waals surface area contributed by atoms with Crippen LogP contribution in [-0.4, -0.2) is 27.2 Å². The molecular weight excluding hydrogens is 210 g/mol. The van der Waals surface area contributed by atoms with E-state index in [4.69, 9.17) is 5.73 Å². The van der Waals surface area contributed by atoms with Crippen LogP contribution >= 0.6 is 0 Å². The number of nitrogens with one attached hydrogen (secondary N) is 2. The van der Waals surface area contributed by atoms with E-state index in [1.165, 1.54) is 6.20 Å². The van der Waals surface area contributed by atoms with Gasteiger partial charge < -0.3 is 21.2 Å².